The highest BCUT2D eigenvalue weighted by Crippen LogP contribution is 2.38. The van der Waals surface area contributed by atoms with E-state index in [2.05, 4.69) is 15.3 Å². The molecule has 2 aromatic heterocycles. The Hall–Kier alpha value is -2.30. The van der Waals surface area contributed by atoms with Crippen molar-refractivity contribution >= 4 is 5.91 Å². The van der Waals surface area contributed by atoms with Crippen LogP contribution in [-0.2, 0) is 4.79 Å². The first kappa shape index (κ1) is 19.0. The number of carbonyl (C=O) groups excluding carboxylic acids is 1. The van der Waals surface area contributed by atoms with Gasteiger partial charge in [0, 0.05) is 42.5 Å². The number of aromatic nitrogens is 3. The van der Waals surface area contributed by atoms with E-state index in [-0.39, 0.29) is 11.8 Å². The maximum Gasteiger partial charge on any atom is 0.223 e. The number of aryl methyl sites for hydroxylation is 1. The molecule has 0 radical (unpaired) electrons. The van der Waals surface area contributed by atoms with Crippen LogP contribution in [0.25, 0.3) is 11.1 Å². The van der Waals surface area contributed by atoms with Gasteiger partial charge in [0.15, 0.2) is 0 Å². The van der Waals surface area contributed by atoms with Gasteiger partial charge in [0.1, 0.15) is 5.82 Å². The molecule has 2 fully saturated rings. The lowest BCUT2D eigenvalue weighted by atomic mass is 9.79. The van der Waals surface area contributed by atoms with Gasteiger partial charge in [-0.2, -0.15) is 0 Å². The first-order valence-corrected chi connectivity index (χ1v) is 10.7. The van der Waals surface area contributed by atoms with Crippen molar-refractivity contribution in [3.05, 3.63) is 42.2 Å². The Kier molecular flexibility index (Phi) is 5.98. The highest BCUT2D eigenvalue weighted by atomic mass is 16.1. The van der Waals surface area contributed by atoms with Gasteiger partial charge < -0.3 is 5.32 Å². The van der Waals surface area contributed by atoms with E-state index in [1.54, 1.807) is 0 Å². The zero-order valence-corrected chi connectivity index (χ0v) is 16.7. The van der Waals surface area contributed by atoms with Gasteiger partial charge in [-0.25, -0.2) is 9.97 Å². The van der Waals surface area contributed by atoms with Crippen molar-refractivity contribution in [2.75, 3.05) is 6.54 Å². The highest BCUT2D eigenvalue weighted by molar-refractivity contribution is 5.78. The van der Waals surface area contributed by atoms with Gasteiger partial charge in [0.25, 0.3) is 0 Å². The Labute approximate surface area is 167 Å². The van der Waals surface area contributed by atoms with Crippen molar-refractivity contribution in [3.63, 3.8) is 0 Å². The van der Waals surface area contributed by atoms with E-state index >= 15 is 0 Å². The van der Waals surface area contributed by atoms with Crippen molar-refractivity contribution in [1.29, 1.82) is 0 Å². The van der Waals surface area contributed by atoms with Crippen LogP contribution in [0.2, 0.25) is 0 Å². The molecule has 0 bridgehead atoms. The van der Waals surface area contributed by atoms with Gasteiger partial charge in [0.2, 0.25) is 5.91 Å². The Morgan fingerprint density at radius 1 is 1.07 bits per heavy atom. The number of nitrogens with zero attached hydrogens (tertiary/aromatic N) is 3. The van der Waals surface area contributed by atoms with Gasteiger partial charge in [0.05, 0.1) is 5.69 Å². The molecule has 4 rings (SSSR count). The third-order valence-corrected chi connectivity index (χ3v) is 6.45. The van der Waals surface area contributed by atoms with E-state index < -0.39 is 0 Å². The molecule has 0 spiro atoms. The first-order chi connectivity index (χ1) is 13.7. The van der Waals surface area contributed by atoms with Gasteiger partial charge in [-0.3, -0.25) is 9.78 Å². The minimum absolute atomic E-state index is 0.267. The molecule has 5 nitrogen and oxygen atoms in total. The molecule has 0 atom stereocenters. The van der Waals surface area contributed by atoms with Crippen LogP contribution in [0.4, 0.5) is 0 Å². The molecule has 0 saturated heterocycles. The Morgan fingerprint density at radius 2 is 1.79 bits per heavy atom. The number of rotatable bonds is 5. The molecule has 2 aliphatic rings. The molecule has 2 aliphatic carbocycles. The lowest BCUT2D eigenvalue weighted by molar-refractivity contribution is -0.125. The van der Waals surface area contributed by atoms with Crippen LogP contribution in [0.3, 0.4) is 0 Å². The Bertz CT molecular complexity index is 794. The van der Waals surface area contributed by atoms with E-state index in [1.807, 2.05) is 37.6 Å². The van der Waals surface area contributed by atoms with E-state index in [0.29, 0.717) is 11.8 Å². The van der Waals surface area contributed by atoms with E-state index in [4.69, 9.17) is 4.98 Å². The molecule has 2 heterocycles. The maximum absolute atomic E-state index is 12.3. The summed E-state index contributed by atoms with van der Waals surface area (Å²) in [7, 11) is 0. The average molecular weight is 379 g/mol. The first-order valence-electron chi connectivity index (χ1n) is 10.7. The van der Waals surface area contributed by atoms with Crippen LogP contribution in [-0.4, -0.2) is 27.4 Å². The Balaban J connectivity index is 1.37. The van der Waals surface area contributed by atoms with Crippen LogP contribution in [0.1, 0.15) is 68.8 Å². The van der Waals surface area contributed by atoms with Crippen molar-refractivity contribution < 1.29 is 4.79 Å². The minimum Gasteiger partial charge on any atom is -0.356 e. The monoisotopic (exact) mass is 378 g/mol. The van der Waals surface area contributed by atoms with E-state index in [0.717, 1.165) is 62.0 Å². The molecule has 0 unspecified atom stereocenters. The molecule has 1 N–H and O–H groups in total. The van der Waals surface area contributed by atoms with Crippen molar-refractivity contribution in [3.8, 4) is 11.1 Å². The fourth-order valence-corrected chi connectivity index (χ4v) is 4.77. The molecule has 148 valence electrons. The van der Waals surface area contributed by atoms with Crippen LogP contribution < -0.4 is 5.32 Å². The molecule has 1 amide bonds. The molecule has 2 saturated carbocycles. The largest absolute Gasteiger partial charge is 0.356 e. The molecular formula is C23H30N4O. The minimum atomic E-state index is 0.267. The summed E-state index contributed by atoms with van der Waals surface area (Å²) < 4.78 is 0. The highest BCUT2D eigenvalue weighted by Gasteiger charge is 2.27. The standard InChI is InChI=1S/C23H30N4O/c1-16-25-15-21(18-10-12-24-13-11-18)22(27-16)19-8-6-17(7-9-19)14-26-23(28)20-4-2-3-5-20/h10-13,15,17,19-20H,2-9,14H2,1H3,(H,26,28). The molecule has 2 aromatic rings. The second kappa shape index (κ2) is 8.80. The Morgan fingerprint density at radius 3 is 2.50 bits per heavy atom. The lowest BCUT2D eigenvalue weighted by Crippen LogP contribution is -2.34. The fraction of sp³-hybridized carbons (Fsp3) is 0.565. The van der Waals surface area contributed by atoms with Crippen LogP contribution in [0.15, 0.2) is 30.7 Å². The van der Waals surface area contributed by atoms with E-state index in [9.17, 15) is 4.79 Å². The van der Waals surface area contributed by atoms with Crippen LogP contribution >= 0.6 is 0 Å². The number of hydrogen-bond acceptors (Lipinski definition) is 4. The number of amides is 1. The van der Waals surface area contributed by atoms with Crippen molar-refractivity contribution in [1.82, 2.24) is 20.3 Å². The number of nitrogens with one attached hydrogen (secondary N) is 1. The molecule has 5 heteroatoms. The predicted molar refractivity (Wildman–Crippen MR) is 110 cm³/mol. The lowest BCUT2D eigenvalue weighted by Gasteiger charge is -2.29. The summed E-state index contributed by atoms with van der Waals surface area (Å²) in [6.07, 6.45) is 14.7. The quantitative estimate of drug-likeness (QED) is 0.836. The third kappa shape index (κ3) is 4.40. The summed E-state index contributed by atoms with van der Waals surface area (Å²) in [6.45, 7) is 2.80. The number of hydrogen-bond donors (Lipinski definition) is 1. The van der Waals surface area contributed by atoms with Crippen molar-refractivity contribution in [2.24, 2.45) is 11.8 Å². The van der Waals surface area contributed by atoms with Gasteiger partial charge in [-0.15, -0.1) is 0 Å². The van der Waals surface area contributed by atoms with Crippen LogP contribution in [0.5, 0.6) is 0 Å². The number of pyridine rings is 1. The summed E-state index contributed by atoms with van der Waals surface area (Å²) in [5.74, 6) is 2.44. The molecule has 0 aromatic carbocycles. The second-order valence-corrected chi connectivity index (χ2v) is 8.40. The zero-order chi connectivity index (χ0) is 19.3. The van der Waals surface area contributed by atoms with Crippen molar-refractivity contribution in [2.45, 2.75) is 64.2 Å². The summed E-state index contributed by atoms with van der Waals surface area (Å²) in [6, 6.07) is 4.06. The summed E-state index contributed by atoms with van der Waals surface area (Å²) in [4.78, 5) is 25.7. The molecular weight excluding hydrogens is 348 g/mol. The maximum atomic E-state index is 12.3. The molecule has 28 heavy (non-hydrogen) atoms. The topological polar surface area (TPSA) is 67.8 Å². The van der Waals surface area contributed by atoms with Gasteiger partial charge in [-0.05, 0) is 69.1 Å². The van der Waals surface area contributed by atoms with Gasteiger partial charge in [-0.1, -0.05) is 12.8 Å². The predicted octanol–water partition coefficient (Wildman–Crippen LogP) is 4.43. The zero-order valence-electron chi connectivity index (χ0n) is 16.7. The summed E-state index contributed by atoms with van der Waals surface area (Å²) in [5.41, 5.74) is 3.44. The smallest absolute Gasteiger partial charge is 0.223 e. The average Bonchev–Trinajstić information content (AvgIpc) is 3.28. The third-order valence-electron chi connectivity index (χ3n) is 6.45. The molecule has 0 aliphatic heterocycles. The SMILES string of the molecule is Cc1ncc(-c2ccncc2)c(C2CCC(CNC(=O)C3CCCC3)CC2)n1. The summed E-state index contributed by atoms with van der Waals surface area (Å²) in [5, 5.41) is 3.22. The fourth-order valence-electron chi connectivity index (χ4n) is 4.77. The normalized spacial score (nSPS) is 22.9. The van der Waals surface area contributed by atoms with Crippen LogP contribution in [0, 0.1) is 18.8 Å². The van der Waals surface area contributed by atoms with Gasteiger partial charge >= 0.3 is 0 Å². The van der Waals surface area contributed by atoms with E-state index in [1.165, 1.54) is 18.5 Å². The second-order valence-electron chi connectivity index (χ2n) is 8.40. The number of carbonyl (C=O) groups is 1. The summed E-state index contributed by atoms with van der Waals surface area (Å²) >= 11 is 0.